The van der Waals surface area contributed by atoms with Gasteiger partial charge in [-0.2, -0.15) is 0 Å². The van der Waals surface area contributed by atoms with Crippen LogP contribution in [-0.4, -0.2) is 70.0 Å². The van der Waals surface area contributed by atoms with Crippen LogP contribution in [0, 0.1) is 0 Å². The number of nitrogens with zero attached hydrogens (tertiary/aromatic N) is 4. The molecular weight excluding hydrogens is 318 g/mol. The van der Waals surface area contributed by atoms with Crippen molar-refractivity contribution in [2.24, 2.45) is 0 Å². The number of fused-ring (bicyclic) bond motifs is 1. The summed E-state index contributed by atoms with van der Waals surface area (Å²) < 4.78 is 5.19. The predicted octanol–water partition coefficient (Wildman–Crippen LogP) is 1.54. The number of piperazine rings is 1. The van der Waals surface area contributed by atoms with Gasteiger partial charge in [-0.05, 0) is 17.7 Å². The molecule has 4 rings (SSSR count). The Labute approximate surface area is 147 Å². The van der Waals surface area contributed by atoms with Crippen molar-refractivity contribution >= 4 is 6.03 Å². The largest absolute Gasteiger partial charge is 0.497 e. The fourth-order valence-corrected chi connectivity index (χ4v) is 3.67. The molecule has 1 N–H and O–H groups in total. The molecule has 2 aromatic rings. The zero-order valence-electron chi connectivity index (χ0n) is 14.4. The van der Waals surface area contributed by atoms with Crippen molar-refractivity contribution in [1.82, 2.24) is 24.7 Å². The number of aromatic amines is 1. The van der Waals surface area contributed by atoms with Crippen LogP contribution in [0.3, 0.4) is 0 Å². The molecule has 7 heteroatoms. The van der Waals surface area contributed by atoms with Gasteiger partial charge < -0.3 is 19.5 Å². The molecular formula is C18H23N5O2. The fraction of sp³-hybridized carbons (Fsp3) is 0.444. The fourth-order valence-electron chi connectivity index (χ4n) is 3.67. The van der Waals surface area contributed by atoms with Gasteiger partial charge in [-0.3, -0.25) is 4.90 Å². The second-order valence-corrected chi connectivity index (χ2v) is 6.63. The number of urea groups is 1. The smallest absolute Gasteiger partial charge is 0.320 e. The van der Waals surface area contributed by atoms with E-state index < -0.39 is 0 Å². The van der Waals surface area contributed by atoms with Crippen molar-refractivity contribution in [1.29, 1.82) is 0 Å². The lowest BCUT2D eigenvalue weighted by Crippen LogP contribution is -2.51. The third-order valence-corrected chi connectivity index (χ3v) is 4.97. The van der Waals surface area contributed by atoms with Crippen LogP contribution >= 0.6 is 0 Å². The highest BCUT2D eigenvalue weighted by Crippen LogP contribution is 2.23. The first kappa shape index (κ1) is 16.0. The van der Waals surface area contributed by atoms with E-state index in [1.54, 1.807) is 13.3 Å². The van der Waals surface area contributed by atoms with E-state index in [1.165, 1.54) is 0 Å². The number of hydrogen-bond donors (Lipinski definition) is 1. The number of ether oxygens (including phenoxy) is 1. The number of carbonyl (C=O) groups is 1. The van der Waals surface area contributed by atoms with Crippen molar-refractivity contribution in [3.63, 3.8) is 0 Å². The Hall–Kier alpha value is -2.54. The number of carbonyl (C=O) groups excluding carboxylic acids is 1. The van der Waals surface area contributed by atoms with E-state index in [2.05, 4.69) is 14.9 Å². The highest BCUT2D eigenvalue weighted by molar-refractivity contribution is 5.77. The minimum atomic E-state index is 0.151. The number of H-pyrrole nitrogens is 1. The van der Waals surface area contributed by atoms with Crippen LogP contribution in [0.25, 0.3) is 0 Å². The Morgan fingerprint density at radius 3 is 2.76 bits per heavy atom. The number of benzene rings is 1. The van der Waals surface area contributed by atoms with E-state index >= 15 is 0 Å². The topological polar surface area (TPSA) is 64.7 Å². The molecule has 0 radical (unpaired) electrons. The highest BCUT2D eigenvalue weighted by atomic mass is 16.5. The lowest BCUT2D eigenvalue weighted by molar-refractivity contribution is 0.114. The zero-order chi connectivity index (χ0) is 17.2. The second kappa shape index (κ2) is 6.76. The maximum Gasteiger partial charge on any atom is 0.320 e. The van der Waals surface area contributed by atoms with Gasteiger partial charge in [0.05, 0.1) is 19.7 Å². The molecule has 2 aliphatic heterocycles. The number of aromatic nitrogens is 2. The van der Waals surface area contributed by atoms with Gasteiger partial charge in [0.25, 0.3) is 0 Å². The minimum Gasteiger partial charge on any atom is -0.497 e. The highest BCUT2D eigenvalue weighted by Gasteiger charge is 2.40. The SMILES string of the molecule is COc1ccc(CN2C[C@H]3CN(Cc4ncc[nH]4)CCN3C2=O)cc1. The standard InChI is InChI=1S/C18H23N5O2/c1-25-16-4-2-14(3-5-16)10-22-12-15-11-21(8-9-23(15)18(22)24)13-17-19-6-7-20-17/h2-7,15H,8-13H2,1H3,(H,19,20)/t15-/m1/s1. The summed E-state index contributed by atoms with van der Waals surface area (Å²) >= 11 is 0. The maximum atomic E-state index is 12.7. The van der Waals surface area contributed by atoms with Crippen LogP contribution in [-0.2, 0) is 13.1 Å². The number of hydrogen-bond acceptors (Lipinski definition) is 4. The van der Waals surface area contributed by atoms with E-state index in [0.717, 1.165) is 49.9 Å². The third kappa shape index (κ3) is 3.32. The molecule has 0 unspecified atom stereocenters. The van der Waals surface area contributed by atoms with Crippen LogP contribution in [0.4, 0.5) is 4.79 Å². The van der Waals surface area contributed by atoms with E-state index in [-0.39, 0.29) is 12.1 Å². The molecule has 0 saturated carbocycles. The van der Waals surface area contributed by atoms with Crippen LogP contribution in [0.1, 0.15) is 11.4 Å². The summed E-state index contributed by atoms with van der Waals surface area (Å²) in [4.78, 5) is 26.5. The number of imidazole rings is 1. The summed E-state index contributed by atoms with van der Waals surface area (Å²) in [6, 6.07) is 8.33. The van der Waals surface area contributed by atoms with Gasteiger partial charge >= 0.3 is 6.03 Å². The second-order valence-electron chi connectivity index (χ2n) is 6.63. The quantitative estimate of drug-likeness (QED) is 0.896. The van der Waals surface area contributed by atoms with Crippen LogP contribution in [0.5, 0.6) is 5.75 Å². The lowest BCUT2D eigenvalue weighted by atomic mass is 10.2. The van der Waals surface area contributed by atoms with Crippen LogP contribution < -0.4 is 4.74 Å². The molecule has 1 aromatic heterocycles. The van der Waals surface area contributed by atoms with Crippen molar-refractivity contribution < 1.29 is 9.53 Å². The Balaban J connectivity index is 1.38. The summed E-state index contributed by atoms with van der Waals surface area (Å²) in [6.45, 7) is 4.80. The monoisotopic (exact) mass is 341 g/mol. The molecule has 1 aromatic carbocycles. The molecule has 132 valence electrons. The summed E-state index contributed by atoms with van der Waals surface area (Å²) in [5.41, 5.74) is 1.13. The molecule has 7 nitrogen and oxygen atoms in total. The van der Waals surface area contributed by atoms with E-state index in [9.17, 15) is 4.79 Å². The lowest BCUT2D eigenvalue weighted by Gasteiger charge is -2.35. The van der Waals surface area contributed by atoms with Gasteiger partial charge in [0, 0.05) is 45.1 Å². The molecule has 2 saturated heterocycles. The first-order valence-electron chi connectivity index (χ1n) is 8.62. The predicted molar refractivity (Wildman–Crippen MR) is 93.2 cm³/mol. The van der Waals surface area contributed by atoms with Gasteiger partial charge in [-0.1, -0.05) is 12.1 Å². The molecule has 0 spiro atoms. The number of nitrogens with one attached hydrogen (secondary N) is 1. The maximum absolute atomic E-state index is 12.7. The van der Waals surface area contributed by atoms with Crippen molar-refractivity contribution in [3.8, 4) is 5.75 Å². The Kier molecular flexibility index (Phi) is 4.31. The molecule has 2 amide bonds. The van der Waals surface area contributed by atoms with Crippen LogP contribution in [0.2, 0.25) is 0 Å². The molecule has 0 aliphatic carbocycles. The van der Waals surface area contributed by atoms with Crippen molar-refractivity contribution in [2.75, 3.05) is 33.3 Å². The normalized spacial score (nSPS) is 20.8. The van der Waals surface area contributed by atoms with E-state index in [4.69, 9.17) is 4.74 Å². The minimum absolute atomic E-state index is 0.151. The van der Waals surface area contributed by atoms with Gasteiger partial charge in [0.1, 0.15) is 11.6 Å². The molecule has 0 bridgehead atoms. The first-order valence-corrected chi connectivity index (χ1v) is 8.62. The first-order chi connectivity index (χ1) is 12.2. The average Bonchev–Trinajstić information content (AvgIpc) is 3.24. The van der Waals surface area contributed by atoms with Gasteiger partial charge in [0.2, 0.25) is 0 Å². The average molecular weight is 341 g/mol. The van der Waals surface area contributed by atoms with Crippen molar-refractivity contribution in [2.45, 2.75) is 19.1 Å². The molecule has 2 aliphatic rings. The Bertz CT molecular complexity index is 716. The Morgan fingerprint density at radius 2 is 2.04 bits per heavy atom. The number of methoxy groups -OCH3 is 1. The van der Waals surface area contributed by atoms with Gasteiger partial charge in [0.15, 0.2) is 0 Å². The van der Waals surface area contributed by atoms with Crippen LogP contribution in [0.15, 0.2) is 36.7 Å². The number of rotatable bonds is 5. The molecule has 25 heavy (non-hydrogen) atoms. The van der Waals surface area contributed by atoms with Crippen molar-refractivity contribution in [3.05, 3.63) is 48.0 Å². The van der Waals surface area contributed by atoms with E-state index in [1.807, 2.05) is 40.3 Å². The summed E-state index contributed by atoms with van der Waals surface area (Å²) in [5, 5.41) is 0. The summed E-state index contributed by atoms with van der Waals surface area (Å²) in [5.74, 6) is 1.82. The third-order valence-electron chi connectivity index (χ3n) is 4.97. The van der Waals surface area contributed by atoms with Gasteiger partial charge in [-0.15, -0.1) is 0 Å². The number of amides is 2. The molecule has 1 atom stereocenters. The summed E-state index contributed by atoms with van der Waals surface area (Å²) in [6.07, 6.45) is 3.63. The summed E-state index contributed by atoms with van der Waals surface area (Å²) in [7, 11) is 1.66. The molecule has 2 fully saturated rings. The van der Waals surface area contributed by atoms with Gasteiger partial charge in [-0.25, -0.2) is 9.78 Å². The van der Waals surface area contributed by atoms with E-state index in [0.29, 0.717) is 6.54 Å². The molecule has 3 heterocycles. The zero-order valence-corrected chi connectivity index (χ0v) is 14.4. The Morgan fingerprint density at radius 1 is 1.20 bits per heavy atom.